The number of rotatable bonds is 5. The zero-order valence-corrected chi connectivity index (χ0v) is 7.35. The molecule has 0 fully saturated rings. The Bertz CT molecular complexity index is 73.7. The lowest BCUT2D eigenvalue weighted by Crippen LogP contribution is -2.38. The van der Waals surface area contributed by atoms with Crippen LogP contribution in [0.5, 0.6) is 0 Å². The molecular weight excluding hydrogens is 124 g/mol. The standard InChI is InChI=1S/C8H20N2/c1-4-7(3)8(9)6-10-5-2/h7-8,10H,4-6,9H2,1-3H3. The third-order valence-corrected chi connectivity index (χ3v) is 2.00. The molecule has 0 spiro atoms. The van der Waals surface area contributed by atoms with Crippen molar-refractivity contribution >= 4 is 0 Å². The lowest BCUT2D eigenvalue weighted by atomic mass is 10.0. The van der Waals surface area contributed by atoms with Crippen LogP contribution in [0.25, 0.3) is 0 Å². The molecule has 0 saturated heterocycles. The van der Waals surface area contributed by atoms with Crippen LogP contribution in [-0.4, -0.2) is 19.1 Å². The Morgan fingerprint density at radius 3 is 2.40 bits per heavy atom. The Morgan fingerprint density at radius 2 is 2.00 bits per heavy atom. The smallest absolute Gasteiger partial charge is 0.0191 e. The lowest BCUT2D eigenvalue weighted by Gasteiger charge is -2.17. The number of nitrogens with one attached hydrogen (secondary N) is 1. The van der Waals surface area contributed by atoms with E-state index in [0.29, 0.717) is 12.0 Å². The normalized spacial score (nSPS) is 16.8. The highest BCUT2D eigenvalue weighted by molar-refractivity contribution is 4.69. The number of hydrogen-bond donors (Lipinski definition) is 2. The average molecular weight is 144 g/mol. The maximum atomic E-state index is 5.85. The van der Waals surface area contributed by atoms with Gasteiger partial charge in [-0.15, -0.1) is 0 Å². The van der Waals surface area contributed by atoms with E-state index >= 15 is 0 Å². The Kier molecular flexibility index (Phi) is 5.64. The molecule has 0 radical (unpaired) electrons. The predicted octanol–water partition coefficient (Wildman–Crippen LogP) is 0.969. The first-order valence-electron chi connectivity index (χ1n) is 4.18. The minimum absolute atomic E-state index is 0.324. The van der Waals surface area contributed by atoms with Crippen molar-refractivity contribution in [2.45, 2.75) is 33.2 Å². The quantitative estimate of drug-likeness (QED) is 0.603. The number of likely N-dealkylation sites (N-methyl/N-ethyl adjacent to an activating group) is 1. The van der Waals surface area contributed by atoms with E-state index in [0.717, 1.165) is 13.1 Å². The molecule has 0 aromatic carbocycles. The molecule has 10 heavy (non-hydrogen) atoms. The second kappa shape index (κ2) is 5.69. The Balaban J connectivity index is 3.31. The van der Waals surface area contributed by atoms with Crippen LogP contribution in [0.15, 0.2) is 0 Å². The van der Waals surface area contributed by atoms with E-state index < -0.39 is 0 Å². The summed E-state index contributed by atoms with van der Waals surface area (Å²) in [6.07, 6.45) is 1.17. The summed E-state index contributed by atoms with van der Waals surface area (Å²) in [7, 11) is 0. The van der Waals surface area contributed by atoms with Crippen molar-refractivity contribution in [2.24, 2.45) is 11.7 Å². The van der Waals surface area contributed by atoms with E-state index in [4.69, 9.17) is 5.73 Å². The second-order valence-corrected chi connectivity index (χ2v) is 2.86. The molecule has 2 heteroatoms. The topological polar surface area (TPSA) is 38.0 Å². The van der Waals surface area contributed by atoms with E-state index in [9.17, 15) is 0 Å². The summed E-state index contributed by atoms with van der Waals surface area (Å²) < 4.78 is 0. The minimum atomic E-state index is 0.324. The van der Waals surface area contributed by atoms with E-state index in [1.54, 1.807) is 0 Å². The Labute approximate surface area is 64.2 Å². The molecule has 0 aromatic heterocycles. The van der Waals surface area contributed by atoms with Gasteiger partial charge in [0.1, 0.15) is 0 Å². The predicted molar refractivity (Wildman–Crippen MR) is 46.0 cm³/mol. The Hall–Kier alpha value is -0.0800. The summed E-state index contributed by atoms with van der Waals surface area (Å²) in [6, 6.07) is 0.324. The molecule has 2 unspecified atom stereocenters. The van der Waals surface area contributed by atoms with Crippen molar-refractivity contribution in [3.05, 3.63) is 0 Å². The van der Waals surface area contributed by atoms with Crippen molar-refractivity contribution in [2.75, 3.05) is 13.1 Å². The van der Waals surface area contributed by atoms with Gasteiger partial charge in [-0.1, -0.05) is 27.2 Å². The molecule has 2 atom stereocenters. The molecule has 0 aromatic rings. The first-order chi connectivity index (χ1) is 4.72. The summed E-state index contributed by atoms with van der Waals surface area (Å²) in [6.45, 7) is 8.44. The summed E-state index contributed by atoms with van der Waals surface area (Å²) in [4.78, 5) is 0. The van der Waals surface area contributed by atoms with Crippen LogP contribution in [0.2, 0.25) is 0 Å². The fourth-order valence-corrected chi connectivity index (χ4v) is 0.815. The second-order valence-electron chi connectivity index (χ2n) is 2.86. The van der Waals surface area contributed by atoms with Crippen molar-refractivity contribution in [3.8, 4) is 0 Å². The monoisotopic (exact) mass is 144 g/mol. The highest BCUT2D eigenvalue weighted by atomic mass is 14.9. The van der Waals surface area contributed by atoms with Crippen LogP contribution in [0.1, 0.15) is 27.2 Å². The van der Waals surface area contributed by atoms with Crippen molar-refractivity contribution in [1.29, 1.82) is 0 Å². The molecule has 0 aliphatic carbocycles. The maximum Gasteiger partial charge on any atom is 0.0191 e. The van der Waals surface area contributed by atoms with E-state index in [1.165, 1.54) is 6.42 Å². The highest BCUT2D eigenvalue weighted by Gasteiger charge is 2.08. The van der Waals surface area contributed by atoms with Crippen LogP contribution >= 0.6 is 0 Å². The fourth-order valence-electron chi connectivity index (χ4n) is 0.815. The van der Waals surface area contributed by atoms with E-state index in [-0.39, 0.29) is 0 Å². The van der Waals surface area contributed by atoms with Crippen LogP contribution in [0.3, 0.4) is 0 Å². The zero-order chi connectivity index (χ0) is 7.98. The van der Waals surface area contributed by atoms with Crippen molar-refractivity contribution in [3.63, 3.8) is 0 Å². The molecule has 0 rings (SSSR count). The van der Waals surface area contributed by atoms with Gasteiger partial charge in [0.25, 0.3) is 0 Å². The summed E-state index contributed by atoms with van der Waals surface area (Å²) in [5.41, 5.74) is 5.85. The van der Waals surface area contributed by atoms with Crippen LogP contribution < -0.4 is 11.1 Å². The number of nitrogens with two attached hydrogens (primary N) is 1. The van der Waals surface area contributed by atoms with Gasteiger partial charge in [0.05, 0.1) is 0 Å². The molecule has 0 aliphatic rings. The SMILES string of the molecule is CCNCC(N)C(C)CC. The van der Waals surface area contributed by atoms with E-state index in [1.807, 2.05) is 0 Å². The number of hydrogen-bond acceptors (Lipinski definition) is 2. The molecule has 0 saturated carbocycles. The minimum Gasteiger partial charge on any atom is -0.326 e. The summed E-state index contributed by atoms with van der Waals surface area (Å²) >= 11 is 0. The van der Waals surface area contributed by atoms with Gasteiger partial charge in [-0.05, 0) is 12.5 Å². The first kappa shape index (κ1) is 9.92. The fraction of sp³-hybridized carbons (Fsp3) is 1.00. The summed E-state index contributed by atoms with van der Waals surface area (Å²) in [5.74, 6) is 0.638. The van der Waals surface area contributed by atoms with Gasteiger partial charge in [0, 0.05) is 12.6 Å². The largest absolute Gasteiger partial charge is 0.326 e. The third kappa shape index (κ3) is 3.85. The van der Waals surface area contributed by atoms with Gasteiger partial charge >= 0.3 is 0 Å². The van der Waals surface area contributed by atoms with Gasteiger partial charge in [0.2, 0.25) is 0 Å². The van der Waals surface area contributed by atoms with E-state index in [2.05, 4.69) is 26.1 Å². The molecule has 0 amide bonds. The first-order valence-corrected chi connectivity index (χ1v) is 4.18. The highest BCUT2D eigenvalue weighted by Crippen LogP contribution is 2.03. The third-order valence-electron chi connectivity index (χ3n) is 2.00. The maximum absolute atomic E-state index is 5.85. The molecule has 0 aliphatic heterocycles. The summed E-state index contributed by atoms with van der Waals surface area (Å²) in [5, 5.41) is 3.24. The van der Waals surface area contributed by atoms with Gasteiger partial charge in [0.15, 0.2) is 0 Å². The van der Waals surface area contributed by atoms with Gasteiger partial charge in [-0.2, -0.15) is 0 Å². The van der Waals surface area contributed by atoms with Gasteiger partial charge in [-0.25, -0.2) is 0 Å². The molecule has 3 N–H and O–H groups in total. The lowest BCUT2D eigenvalue weighted by molar-refractivity contribution is 0.422. The van der Waals surface area contributed by atoms with Crippen molar-refractivity contribution in [1.82, 2.24) is 5.32 Å². The van der Waals surface area contributed by atoms with Crippen LogP contribution in [0, 0.1) is 5.92 Å². The molecule has 0 heterocycles. The average Bonchev–Trinajstić information content (AvgIpc) is 1.98. The van der Waals surface area contributed by atoms with Crippen LogP contribution in [0.4, 0.5) is 0 Å². The molecular formula is C8H20N2. The van der Waals surface area contributed by atoms with Crippen molar-refractivity contribution < 1.29 is 0 Å². The van der Waals surface area contributed by atoms with Crippen LogP contribution in [-0.2, 0) is 0 Å². The zero-order valence-electron chi connectivity index (χ0n) is 7.35. The van der Waals surface area contributed by atoms with Gasteiger partial charge < -0.3 is 11.1 Å². The van der Waals surface area contributed by atoms with Gasteiger partial charge in [-0.3, -0.25) is 0 Å². The molecule has 2 nitrogen and oxygen atoms in total. The molecule has 0 bridgehead atoms. The molecule has 62 valence electrons. The Morgan fingerprint density at radius 1 is 1.40 bits per heavy atom.